The molecular weight excluding hydrogens is 538 g/mol. The Morgan fingerprint density at radius 3 is 2.34 bits per heavy atom. The van der Waals surface area contributed by atoms with Gasteiger partial charge >= 0.3 is 6.09 Å². The van der Waals surface area contributed by atoms with E-state index < -0.39 is 75.7 Å². The quantitative estimate of drug-likeness (QED) is 0.234. The minimum absolute atomic E-state index is 0.0360. The standard InChI is InChI=1S/C28H31N3O10/c1-30(2)21-15-9-11-8-14-13(17(33)10-31(12-4-5-12)27(39)41-3)6-7-16(32)19(14)22(34)18(11)24(36)28(15,40)25(37)20(23(21)35)26(29)38/h6-7,11-12,15,21,32,34,37,40H,4-5,8-10H2,1-3H3,(H2,29,38)/t11-,15-,21+,28-/m0/s1. The van der Waals surface area contributed by atoms with E-state index in [4.69, 9.17) is 10.5 Å². The van der Waals surface area contributed by atoms with Crippen LogP contribution in [0.5, 0.6) is 5.75 Å². The van der Waals surface area contributed by atoms with Crippen LogP contribution < -0.4 is 5.73 Å². The molecule has 41 heavy (non-hydrogen) atoms. The summed E-state index contributed by atoms with van der Waals surface area (Å²) in [7, 11) is 4.23. The molecule has 0 radical (unpaired) electrons. The number of benzene rings is 1. The molecule has 0 heterocycles. The van der Waals surface area contributed by atoms with Crippen LogP contribution in [-0.2, 0) is 25.5 Å². The van der Waals surface area contributed by atoms with E-state index in [0.717, 1.165) is 12.8 Å². The van der Waals surface area contributed by atoms with Crippen molar-refractivity contribution in [2.75, 3.05) is 27.7 Å². The molecule has 4 atom stereocenters. The van der Waals surface area contributed by atoms with Crippen LogP contribution in [0.2, 0.25) is 0 Å². The monoisotopic (exact) mass is 569 g/mol. The summed E-state index contributed by atoms with van der Waals surface area (Å²) in [6.07, 6.45) is 0.650. The first-order valence-corrected chi connectivity index (χ1v) is 13.1. The number of aliphatic hydroxyl groups excluding tert-OH is 2. The largest absolute Gasteiger partial charge is 0.508 e. The number of phenols is 1. The summed E-state index contributed by atoms with van der Waals surface area (Å²) < 4.78 is 4.81. The first kappa shape index (κ1) is 28.3. The molecule has 5 rings (SSSR count). The summed E-state index contributed by atoms with van der Waals surface area (Å²) in [6.45, 7) is -0.302. The lowest BCUT2D eigenvalue weighted by Crippen LogP contribution is -2.65. The number of carbonyl (C=O) groups excluding carboxylic acids is 5. The van der Waals surface area contributed by atoms with Crippen LogP contribution in [0.4, 0.5) is 4.79 Å². The number of ketones is 3. The van der Waals surface area contributed by atoms with Crippen molar-refractivity contribution in [3.8, 4) is 5.75 Å². The van der Waals surface area contributed by atoms with Gasteiger partial charge in [0.25, 0.3) is 5.91 Å². The number of hydrogen-bond acceptors (Lipinski definition) is 11. The molecule has 218 valence electrons. The van der Waals surface area contributed by atoms with Gasteiger partial charge in [-0.05, 0) is 63.4 Å². The van der Waals surface area contributed by atoms with E-state index in [2.05, 4.69) is 0 Å². The van der Waals surface area contributed by atoms with Gasteiger partial charge < -0.3 is 30.9 Å². The van der Waals surface area contributed by atoms with Gasteiger partial charge in [-0.1, -0.05) is 0 Å². The van der Waals surface area contributed by atoms with Gasteiger partial charge in [0.1, 0.15) is 22.8 Å². The Labute approximate surface area is 234 Å². The van der Waals surface area contributed by atoms with Crippen LogP contribution in [-0.4, -0.2) is 105 Å². The second-order valence-electron chi connectivity index (χ2n) is 11.2. The Bertz CT molecular complexity index is 1470. The van der Waals surface area contributed by atoms with Gasteiger partial charge in [0, 0.05) is 23.1 Å². The van der Waals surface area contributed by atoms with Crippen LogP contribution in [0.15, 0.2) is 29.0 Å². The van der Waals surface area contributed by atoms with Crippen molar-refractivity contribution in [2.24, 2.45) is 17.6 Å². The Kier molecular flexibility index (Phi) is 6.70. The van der Waals surface area contributed by atoms with E-state index in [1.54, 1.807) is 0 Å². The smallest absolute Gasteiger partial charge is 0.410 e. The molecule has 0 bridgehead atoms. The Balaban J connectivity index is 1.63. The molecule has 1 aromatic carbocycles. The van der Waals surface area contributed by atoms with Crippen LogP contribution >= 0.6 is 0 Å². The molecule has 4 aliphatic carbocycles. The van der Waals surface area contributed by atoms with Crippen molar-refractivity contribution < 1.29 is 49.1 Å². The Morgan fingerprint density at radius 1 is 1.12 bits per heavy atom. The maximum atomic E-state index is 13.9. The number of phenolic OH excluding ortho intramolecular Hbond substituents is 1. The Hall–Kier alpha value is -4.23. The summed E-state index contributed by atoms with van der Waals surface area (Å²) in [4.78, 5) is 67.7. The molecule has 0 saturated heterocycles. The van der Waals surface area contributed by atoms with E-state index in [1.807, 2.05) is 0 Å². The molecule has 6 N–H and O–H groups in total. The fourth-order valence-electron chi connectivity index (χ4n) is 6.59. The van der Waals surface area contributed by atoms with Gasteiger partial charge in [-0.25, -0.2) is 4.79 Å². The molecular formula is C28H31N3O10. The number of primary amides is 1. The second kappa shape index (κ2) is 9.70. The van der Waals surface area contributed by atoms with Gasteiger partial charge in [-0.3, -0.25) is 29.0 Å². The number of Topliss-reactive ketones (excluding diaryl/α,β-unsaturated/α-hetero) is 3. The highest BCUT2D eigenvalue weighted by Crippen LogP contribution is 2.53. The lowest BCUT2D eigenvalue weighted by molar-refractivity contribution is -0.153. The van der Waals surface area contributed by atoms with E-state index in [-0.39, 0.29) is 47.7 Å². The number of amides is 2. The molecule has 4 aliphatic rings. The molecule has 2 amide bonds. The number of nitrogens with zero attached hydrogens (tertiary/aromatic N) is 2. The zero-order valence-electron chi connectivity index (χ0n) is 22.7. The minimum Gasteiger partial charge on any atom is -0.508 e. The molecule has 13 nitrogen and oxygen atoms in total. The first-order chi connectivity index (χ1) is 19.2. The summed E-state index contributed by atoms with van der Waals surface area (Å²) in [5.41, 5.74) is 1.54. The molecule has 0 unspecified atom stereocenters. The number of ether oxygens (including phenoxy) is 1. The van der Waals surface area contributed by atoms with Gasteiger partial charge in [0.05, 0.1) is 25.3 Å². The van der Waals surface area contributed by atoms with E-state index in [1.165, 1.54) is 43.1 Å². The molecule has 0 spiro atoms. The molecule has 0 aromatic heterocycles. The summed E-state index contributed by atoms with van der Waals surface area (Å²) >= 11 is 0. The average molecular weight is 570 g/mol. The maximum Gasteiger partial charge on any atom is 0.410 e. The lowest BCUT2D eigenvalue weighted by atomic mass is 9.57. The van der Waals surface area contributed by atoms with Crippen molar-refractivity contribution in [2.45, 2.75) is 43.4 Å². The van der Waals surface area contributed by atoms with Gasteiger partial charge in [0.15, 0.2) is 17.2 Å². The molecule has 13 heteroatoms. The van der Waals surface area contributed by atoms with Gasteiger partial charge in [0.2, 0.25) is 5.78 Å². The number of rotatable bonds is 6. The number of hydrogen-bond donors (Lipinski definition) is 5. The third-order valence-electron chi connectivity index (χ3n) is 8.62. The number of aliphatic hydroxyl groups is 3. The molecule has 2 fully saturated rings. The molecule has 0 aliphatic heterocycles. The van der Waals surface area contributed by atoms with Crippen LogP contribution in [0.25, 0.3) is 5.76 Å². The predicted molar refractivity (Wildman–Crippen MR) is 141 cm³/mol. The van der Waals surface area contributed by atoms with Crippen molar-refractivity contribution in [3.05, 3.63) is 45.7 Å². The number of methoxy groups -OCH3 is 1. The van der Waals surface area contributed by atoms with Crippen molar-refractivity contribution in [1.29, 1.82) is 0 Å². The summed E-state index contributed by atoms with van der Waals surface area (Å²) in [5, 5.41) is 44.6. The fraction of sp³-hybridized carbons (Fsp3) is 0.464. The summed E-state index contributed by atoms with van der Waals surface area (Å²) in [6, 6.07) is 1.20. The maximum absolute atomic E-state index is 13.9. The van der Waals surface area contributed by atoms with E-state index in [0.29, 0.717) is 0 Å². The molecule has 1 aromatic rings. The SMILES string of the molecule is COC(=O)N(CC(=O)c1ccc(O)c2c1C[C@H]1C[C@H]3[C@@H](N(C)C)C(=O)C(C(N)=O)=C(O)[C@@]3(O)C(=O)C1=C2O)C1CC1. The van der Waals surface area contributed by atoms with Crippen molar-refractivity contribution in [1.82, 2.24) is 9.80 Å². The zero-order valence-corrected chi connectivity index (χ0v) is 22.7. The van der Waals surface area contributed by atoms with Crippen LogP contribution in [0.3, 0.4) is 0 Å². The highest BCUT2D eigenvalue weighted by molar-refractivity contribution is 6.24. The van der Waals surface area contributed by atoms with Crippen LogP contribution in [0.1, 0.15) is 40.7 Å². The number of fused-ring (bicyclic) bond motifs is 3. The minimum atomic E-state index is -2.75. The number of aromatic hydroxyl groups is 1. The normalized spacial score (nSPS) is 27.3. The highest BCUT2D eigenvalue weighted by Gasteiger charge is 2.64. The van der Waals surface area contributed by atoms with Gasteiger partial charge in [-0.2, -0.15) is 0 Å². The third kappa shape index (κ3) is 4.10. The van der Waals surface area contributed by atoms with E-state index >= 15 is 0 Å². The predicted octanol–water partition coefficient (Wildman–Crippen LogP) is 0.378. The summed E-state index contributed by atoms with van der Waals surface area (Å²) in [5.74, 6) is -8.15. The number of nitrogens with two attached hydrogens (primary N) is 1. The van der Waals surface area contributed by atoms with Crippen molar-refractivity contribution in [3.63, 3.8) is 0 Å². The first-order valence-electron chi connectivity index (χ1n) is 13.1. The average Bonchev–Trinajstić information content (AvgIpc) is 3.74. The van der Waals surface area contributed by atoms with Crippen molar-refractivity contribution >= 4 is 35.1 Å². The zero-order chi connectivity index (χ0) is 30.1. The van der Waals surface area contributed by atoms with E-state index in [9.17, 15) is 44.4 Å². The molecule has 2 saturated carbocycles. The lowest BCUT2D eigenvalue weighted by Gasteiger charge is -2.50. The number of carbonyl (C=O) groups is 5. The topological polar surface area (TPSA) is 208 Å². The third-order valence-corrected chi connectivity index (χ3v) is 8.62. The fourth-order valence-corrected chi connectivity index (χ4v) is 6.59. The Morgan fingerprint density at radius 2 is 1.78 bits per heavy atom. The highest BCUT2D eigenvalue weighted by atomic mass is 16.5. The van der Waals surface area contributed by atoms with Gasteiger partial charge in [-0.15, -0.1) is 0 Å². The second-order valence-corrected chi connectivity index (χ2v) is 11.2. The van der Waals surface area contributed by atoms with Crippen LogP contribution in [0, 0.1) is 11.8 Å². The number of likely N-dealkylation sites (N-methyl/N-ethyl adjacent to an activating group) is 1.